The van der Waals surface area contributed by atoms with Crippen molar-refractivity contribution >= 4 is 28.8 Å². The summed E-state index contributed by atoms with van der Waals surface area (Å²) in [7, 11) is 0. The number of benzene rings is 1. The summed E-state index contributed by atoms with van der Waals surface area (Å²) in [6.07, 6.45) is 4.68. The Hall–Kier alpha value is -3.57. The summed E-state index contributed by atoms with van der Waals surface area (Å²) in [5, 5.41) is 18.2. The Morgan fingerprint density at radius 3 is 2.82 bits per heavy atom. The van der Waals surface area contributed by atoms with E-state index in [1.807, 2.05) is 31.2 Å². The third-order valence-electron chi connectivity index (χ3n) is 8.06. The van der Waals surface area contributed by atoms with Crippen LogP contribution in [0, 0.1) is 11.8 Å². The molecule has 3 aliphatic heterocycles. The van der Waals surface area contributed by atoms with Gasteiger partial charge in [-0.15, -0.1) is 18.3 Å². The van der Waals surface area contributed by atoms with Gasteiger partial charge in [0.1, 0.15) is 29.7 Å². The van der Waals surface area contributed by atoms with Crippen molar-refractivity contribution in [2.75, 3.05) is 26.3 Å². The maximum absolute atomic E-state index is 14.3. The maximum Gasteiger partial charge on any atom is 0.312 e. The van der Waals surface area contributed by atoms with Crippen LogP contribution in [0.3, 0.4) is 0 Å². The molecule has 202 valence electrons. The first-order valence-corrected chi connectivity index (χ1v) is 12.9. The Kier molecular flexibility index (Phi) is 6.83. The van der Waals surface area contributed by atoms with Crippen LogP contribution in [0.25, 0.3) is 11.0 Å². The Balaban J connectivity index is 1.50. The molecule has 3 aliphatic rings. The topological polar surface area (TPSA) is 127 Å². The number of likely N-dealkylation sites (tertiary alicyclic amines) is 1. The number of amides is 2. The number of ether oxygens (including phenoxy) is 2. The van der Waals surface area contributed by atoms with E-state index in [9.17, 15) is 19.5 Å². The number of nitrogens with zero attached hydrogens (tertiary/aromatic N) is 5. The molecule has 1 N–H and O–H groups in total. The number of hydrogen-bond acceptors (Lipinski definition) is 8. The average Bonchev–Trinajstić information content (AvgIpc) is 3.60. The fourth-order valence-electron chi connectivity index (χ4n) is 6.47. The molecule has 1 spiro atoms. The highest BCUT2D eigenvalue weighted by molar-refractivity contribution is 5.98. The van der Waals surface area contributed by atoms with Gasteiger partial charge in [-0.1, -0.05) is 29.5 Å². The molecule has 38 heavy (non-hydrogen) atoms. The zero-order valence-corrected chi connectivity index (χ0v) is 21.5. The van der Waals surface area contributed by atoms with E-state index < -0.39 is 35.0 Å². The summed E-state index contributed by atoms with van der Waals surface area (Å²) in [5.41, 5.74) is -0.684. The summed E-state index contributed by atoms with van der Waals surface area (Å²) in [6.45, 7) is 9.30. The summed E-state index contributed by atoms with van der Waals surface area (Å²) in [5.74, 6) is -2.98. The van der Waals surface area contributed by atoms with Gasteiger partial charge in [0.05, 0.1) is 30.2 Å². The Bertz CT molecular complexity index is 1280. The molecule has 2 unspecified atom stereocenters. The van der Waals surface area contributed by atoms with Crippen molar-refractivity contribution in [3.63, 3.8) is 0 Å². The molecule has 0 aliphatic carbocycles. The van der Waals surface area contributed by atoms with E-state index in [1.165, 1.54) is 4.90 Å². The monoisotopic (exact) mass is 523 g/mol. The lowest BCUT2D eigenvalue weighted by Crippen LogP contribution is -2.56. The van der Waals surface area contributed by atoms with Crippen LogP contribution < -0.4 is 0 Å². The third kappa shape index (κ3) is 3.92. The van der Waals surface area contributed by atoms with Crippen molar-refractivity contribution in [3.8, 4) is 0 Å². The van der Waals surface area contributed by atoms with Crippen LogP contribution in [0.2, 0.25) is 0 Å². The summed E-state index contributed by atoms with van der Waals surface area (Å²) in [6, 6.07) is 6.40. The summed E-state index contributed by atoms with van der Waals surface area (Å²) < 4.78 is 13.7. The number of esters is 1. The first-order valence-electron chi connectivity index (χ1n) is 12.9. The molecule has 5 rings (SSSR count). The molecular weight excluding hydrogens is 490 g/mol. The second-order valence-corrected chi connectivity index (χ2v) is 10.3. The van der Waals surface area contributed by atoms with E-state index in [2.05, 4.69) is 23.5 Å². The first kappa shape index (κ1) is 26.1. The Labute approximate surface area is 220 Å². The molecule has 2 amide bonds. The average molecular weight is 524 g/mol. The normalized spacial score (nSPS) is 29.5. The number of carbonyl (C=O) groups excluding carboxylic acids is 3. The number of fused-ring (bicyclic) bond motifs is 2. The largest absolute Gasteiger partial charge is 0.465 e. The van der Waals surface area contributed by atoms with Gasteiger partial charge in [-0.2, -0.15) is 0 Å². The molecule has 2 aromatic rings. The molecule has 2 bridgehead atoms. The molecule has 1 aromatic heterocycles. The van der Waals surface area contributed by atoms with E-state index >= 15 is 0 Å². The van der Waals surface area contributed by atoms with Crippen LogP contribution >= 0.6 is 0 Å². The van der Waals surface area contributed by atoms with E-state index in [0.717, 1.165) is 5.52 Å². The third-order valence-corrected chi connectivity index (χ3v) is 8.06. The van der Waals surface area contributed by atoms with E-state index in [0.29, 0.717) is 24.8 Å². The molecule has 11 nitrogen and oxygen atoms in total. The molecule has 3 saturated heterocycles. The number of β-amino-alcohol motifs (C(OH)–C–C–N with tert-alkyl or cyclic N) is 1. The van der Waals surface area contributed by atoms with Gasteiger partial charge in [-0.25, -0.2) is 4.68 Å². The zero-order valence-electron chi connectivity index (χ0n) is 21.5. The van der Waals surface area contributed by atoms with Gasteiger partial charge in [-0.3, -0.25) is 14.4 Å². The number of para-hydroxylation sites is 1. The van der Waals surface area contributed by atoms with Crippen LogP contribution in [0.5, 0.6) is 0 Å². The number of carbonyl (C=O) groups is 3. The standard InChI is InChI=1S/C27H33N5O6/c1-4-6-16-37-25(36)21-20-23(34)31(14-15-33)22(27(20)12-11-26(21,3)38-27)24(35)30(13-5-2)17-32-19-10-8-7-9-18(19)28-29-32/h4-5,7-10,20-22,33H,1-2,6,11-17H2,3H3/t20-,21-,22?,26+,27?/m0/s1. The van der Waals surface area contributed by atoms with Crippen molar-refractivity contribution in [2.45, 2.75) is 50.1 Å². The van der Waals surface area contributed by atoms with Gasteiger partial charge in [-0.05, 0) is 38.3 Å². The first-order chi connectivity index (χ1) is 18.3. The van der Waals surface area contributed by atoms with E-state index in [1.54, 1.807) is 21.7 Å². The van der Waals surface area contributed by atoms with Crippen LogP contribution in [0.4, 0.5) is 0 Å². The quantitative estimate of drug-likeness (QED) is 0.265. The number of aliphatic hydroxyl groups excluding tert-OH is 1. The lowest BCUT2D eigenvalue weighted by atomic mass is 9.66. The van der Waals surface area contributed by atoms with Gasteiger partial charge in [0, 0.05) is 13.1 Å². The number of aromatic nitrogens is 3. The molecule has 4 heterocycles. The van der Waals surface area contributed by atoms with Gasteiger partial charge in [0.15, 0.2) is 0 Å². The SMILES string of the molecule is C=CCCOC(=O)[C@@H]1[C@H]2C(=O)N(CCO)C(C(=O)N(CC=C)Cn3nnc4ccccc43)C23CC[C@@]1(C)O3. The predicted molar refractivity (Wildman–Crippen MR) is 136 cm³/mol. The van der Waals surface area contributed by atoms with Crippen molar-refractivity contribution < 1.29 is 29.0 Å². The fourth-order valence-corrected chi connectivity index (χ4v) is 6.47. The highest BCUT2D eigenvalue weighted by Crippen LogP contribution is 2.63. The molecule has 1 aromatic carbocycles. The molecular formula is C27H33N5O6. The molecule has 5 atom stereocenters. The minimum atomic E-state index is -1.20. The van der Waals surface area contributed by atoms with E-state index in [-0.39, 0.29) is 44.8 Å². The van der Waals surface area contributed by atoms with Crippen LogP contribution in [0.15, 0.2) is 49.6 Å². The smallest absolute Gasteiger partial charge is 0.312 e. The predicted octanol–water partition coefficient (Wildman–Crippen LogP) is 1.28. The number of aliphatic hydroxyl groups is 1. The van der Waals surface area contributed by atoms with E-state index in [4.69, 9.17) is 9.47 Å². The number of hydrogen-bond donors (Lipinski definition) is 1. The van der Waals surface area contributed by atoms with Crippen LogP contribution in [-0.4, -0.2) is 91.2 Å². The van der Waals surface area contributed by atoms with Crippen molar-refractivity contribution in [1.82, 2.24) is 24.8 Å². The molecule has 11 heteroatoms. The lowest BCUT2D eigenvalue weighted by Gasteiger charge is -2.36. The molecule has 0 radical (unpaired) electrons. The molecule has 0 saturated carbocycles. The second kappa shape index (κ2) is 9.95. The number of rotatable bonds is 11. The zero-order chi connectivity index (χ0) is 27.1. The second-order valence-electron chi connectivity index (χ2n) is 10.3. The minimum absolute atomic E-state index is 0.0556. The van der Waals surface area contributed by atoms with Crippen molar-refractivity contribution in [1.29, 1.82) is 0 Å². The lowest BCUT2D eigenvalue weighted by molar-refractivity contribution is -0.160. The van der Waals surface area contributed by atoms with Gasteiger partial charge < -0.3 is 24.4 Å². The fraction of sp³-hybridized carbons (Fsp3) is 0.519. The van der Waals surface area contributed by atoms with Crippen molar-refractivity contribution in [2.24, 2.45) is 11.8 Å². The highest BCUT2D eigenvalue weighted by Gasteiger charge is 2.78. The minimum Gasteiger partial charge on any atom is -0.465 e. The Morgan fingerprint density at radius 1 is 1.29 bits per heavy atom. The van der Waals surface area contributed by atoms with Gasteiger partial charge in [0.25, 0.3) is 0 Å². The maximum atomic E-state index is 14.3. The summed E-state index contributed by atoms with van der Waals surface area (Å²) >= 11 is 0. The van der Waals surface area contributed by atoms with Crippen molar-refractivity contribution in [3.05, 3.63) is 49.6 Å². The Morgan fingerprint density at radius 2 is 2.08 bits per heavy atom. The highest BCUT2D eigenvalue weighted by atomic mass is 16.6. The van der Waals surface area contributed by atoms with Gasteiger partial charge >= 0.3 is 5.97 Å². The van der Waals surface area contributed by atoms with Gasteiger partial charge in [0.2, 0.25) is 11.8 Å². The molecule has 3 fully saturated rings. The summed E-state index contributed by atoms with van der Waals surface area (Å²) in [4.78, 5) is 44.3. The van der Waals surface area contributed by atoms with Crippen LogP contribution in [-0.2, 0) is 30.5 Å². The van der Waals surface area contributed by atoms with Crippen LogP contribution in [0.1, 0.15) is 26.2 Å².